The average Bonchev–Trinajstić information content (AvgIpc) is 2.42. The van der Waals surface area contributed by atoms with E-state index in [0.29, 0.717) is 6.04 Å². The fourth-order valence-electron chi connectivity index (χ4n) is 3.06. The van der Waals surface area contributed by atoms with Gasteiger partial charge in [0.15, 0.2) is 0 Å². The molecule has 1 atom stereocenters. The Labute approximate surface area is 121 Å². The molecule has 3 rings (SSSR count). The number of hydrogen-bond acceptors (Lipinski definition) is 2. The first kappa shape index (κ1) is 13.2. The molecule has 1 aliphatic rings. The van der Waals surface area contributed by atoms with Gasteiger partial charge in [-0.2, -0.15) is 0 Å². The molecule has 2 heteroatoms. The second kappa shape index (κ2) is 4.34. The summed E-state index contributed by atoms with van der Waals surface area (Å²) in [7, 11) is 2.17. The summed E-state index contributed by atoms with van der Waals surface area (Å²) in [6.07, 6.45) is 2.31. The highest BCUT2D eigenvalue weighted by atomic mass is 15.1. The van der Waals surface area contributed by atoms with Gasteiger partial charge in [0.05, 0.1) is 5.52 Å². The van der Waals surface area contributed by atoms with Crippen molar-refractivity contribution < 1.29 is 0 Å². The van der Waals surface area contributed by atoms with Crippen molar-refractivity contribution in [2.75, 3.05) is 11.9 Å². The molecule has 0 radical (unpaired) electrons. The summed E-state index contributed by atoms with van der Waals surface area (Å²) in [5, 5.41) is 1.28. The van der Waals surface area contributed by atoms with Crippen molar-refractivity contribution in [2.24, 2.45) is 0 Å². The lowest BCUT2D eigenvalue weighted by atomic mass is 9.93. The lowest BCUT2D eigenvalue weighted by Gasteiger charge is -2.33. The van der Waals surface area contributed by atoms with Crippen LogP contribution in [0.5, 0.6) is 0 Å². The summed E-state index contributed by atoms with van der Waals surface area (Å²) in [6, 6.07) is 4.91. The first-order chi connectivity index (χ1) is 9.41. The van der Waals surface area contributed by atoms with E-state index >= 15 is 0 Å². The Morgan fingerprint density at radius 1 is 1.05 bits per heavy atom. The Morgan fingerprint density at radius 3 is 2.45 bits per heavy atom. The minimum absolute atomic E-state index is 0.451. The molecule has 1 unspecified atom stereocenters. The topological polar surface area (TPSA) is 16.1 Å². The second-order valence-electron chi connectivity index (χ2n) is 6.02. The maximum atomic E-state index is 4.87. The van der Waals surface area contributed by atoms with E-state index in [2.05, 4.69) is 64.8 Å². The van der Waals surface area contributed by atoms with Crippen LogP contribution in [-0.2, 0) is 0 Å². The number of likely N-dealkylation sites (N-methyl/N-ethyl adjacent to an activating group) is 1. The minimum Gasteiger partial charge on any atom is -0.368 e. The van der Waals surface area contributed by atoms with Crippen molar-refractivity contribution in [2.45, 2.75) is 40.7 Å². The molecule has 0 spiro atoms. The third-order valence-corrected chi connectivity index (χ3v) is 4.97. The first-order valence-corrected chi connectivity index (χ1v) is 7.23. The number of benzene rings is 1. The molecule has 1 aliphatic heterocycles. The Bertz CT molecular complexity index is 741. The molecule has 104 valence electrons. The lowest BCUT2D eigenvalue weighted by molar-refractivity contribution is 0.774. The largest absolute Gasteiger partial charge is 0.368 e. The zero-order valence-electron chi connectivity index (χ0n) is 13.2. The predicted molar refractivity (Wildman–Crippen MR) is 87.5 cm³/mol. The van der Waals surface area contributed by atoms with Crippen LogP contribution in [0.1, 0.15) is 36.2 Å². The lowest BCUT2D eigenvalue weighted by Crippen LogP contribution is -2.32. The van der Waals surface area contributed by atoms with Gasteiger partial charge < -0.3 is 4.90 Å². The highest BCUT2D eigenvalue weighted by molar-refractivity contribution is 5.97. The number of hydrogen-bond donors (Lipinski definition) is 0. The van der Waals surface area contributed by atoms with Crippen molar-refractivity contribution in [1.29, 1.82) is 0 Å². The smallest absolute Gasteiger partial charge is 0.0801 e. The van der Waals surface area contributed by atoms with Crippen molar-refractivity contribution >= 4 is 22.7 Å². The van der Waals surface area contributed by atoms with Crippen LogP contribution in [-0.4, -0.2) is 18.1 Å². The van der Waals surface area contributed by atoms with Gasteiger partial charge in [-0.3, -0.25) is 4.98 Å². The average molecular weight is 266 g/mol. The number of pyridine rings is 1. The quantitative estimate of drug-likeness (QED) is 0.702. The van der Waals surface area contributed by atoms with E-state index in [9.17, 15) is 0 Å². The Kier molecular flexibility index (Phi) is 2.86. The second-order valence-corrected chi connectivity index (χ2v) is 6.02. The van der Waals surface area contributed by atoms with Gasteiger partial charge in [-0.25, -0.2) is 0 Å². The molecule has 0 fully saturated rings. The molecular weight excluding hydrogens is 244 g/mol. The summed E-state index contributed by atoms with van der Waals surface area (Å²) in [5.74, 6) is 0. The SMILES string of the molecule is CC1=Cc2c(ccc3c(C)c(C)c(C)nc23)N(C)C1C. The molecule has 2 nitrogen and oxygen atoms in total. The molecule has 1 aromatic heterocycles. The summed E-state index contributed by atoms with van der Waals surface area (Å²) in [5.41, 5.74) is 8.87. The van der Waals surface area contributed by atoms with Crippen LogP contribution in [0.2, 0.25) is 0 Å². The Balaban J connectivity index is 2.42. The van der Waals surface area contributed by atoms with Gasteiger partial charge in [0.25, 0.3) is 0 Å². The minimum atomic E-state index is 0.451. The normalized spacial score (nSPS) is 18.2. The van der Waals surface area contributed by atoms with E-state index in [1.807, 2.05) is 0 Å². The summed E-state index contributed by atoms with van der Waals surface area (Å²) in [4.78, 5) is 7.22. The summed E-state index contributed by atoms with van der Waals surface area (Å²) in [6.45, 7) is 10.9. The summed E-state index contributed by atoms with van der Waals surface area (Å²) >= 11 is 0. The number of fused-ring (bicyclic) bond motifs is 3. The molecule has 0 N–H and O–H groups in total. The van der Waals surface area contributed by atoms with Gasteiger partial charge in [0, 0.05) is 35.4 Å². The van der Waals surface area contributed by atoms with Crippen molar-refractivity contribution in [3.8, 4) is 0 Å². The van der Waals surface area contributed by atoms with Gasteiger partial charge in [-0.1, -0.05) is 11.6 Å². The fourth-order valence-corrected chi connectivity index (χ4v) is 3.06. The van der Waals surface area contributed by atoms with E-state index in [1.54, 1.807) is 0 Å². The Hall–Kier alpha value is -1.83. The molecule has 20 heavy (non-hydrogen) atoms. The zero-order valence-corrected chi connectivity index (χ0v) is 13.2. The first-order valence-electron chi connectivity index (χ1n) is 7.23. The van der Waals surface area contributed by atoms with Crippen LogP contribution >= 0.6 is 0 Å². The van der Waals surface area contributed by atoms with Crippen molar-refractivity contribution in [1.82, 2.24) is 4.98 Å². The predicted octanol–water partition coefficient (Wildman–Crippen LogP) is 4.40. The molecule has 0 amide bonds. The molecule has 0 saturated carbocycles. The van der Waals surface area contributed by atoms with Crippen LogP contribution in [0.25, 0.3) is 17.0 Å². The van der Waals surface area contributed by atoms with Crippen LogP contribution in [0.15, 0.2) is 17.7 Å². The number of nitrogens with zero attached hydrogens (tertiary/aromatic N) is 2. The van der Waals surface area contributed by atoms with Gasteiger partial charge in [0.2, 0.25) is 0 Å². The van der Waals surface area contributed by atoms with E-state index in [1.165, 1.54) is 33.3 Å². The highest BCUT2D eigenvalue weighted by Gasteiger charge is 2.22. The van der Waals surface area contributed by atoms with E-state index < -0.39 is 0 Å². The number of aromatic nitrogens is 1. The molecule has 2 aromatic rings. The van der Waals surface area contributed by atoms with Gasteiger partial charge in [0.1, 0.15) is 0 Å². The van der Waals surface area contributed by atoms with Gasteiger partial charge >= 0.3 is 0 Å². The number of rotatable bonds is 0. The molecular formula is C18H22N2. The van der Waals surface area contributed by atoms with Crippen molar-refractivity contribution in [3.63, 3.8) is 0 Å². The van der Waals surface area contributed by atoms with E-state index in [-0.39, 0.29) is 0 Å². The molecule has 1 aromatic carbocycles. The maximum absolute atomic E-state index is 4.87. The molecule has 2 heterocycles. The van der Waals surface area contributed by atoms with Crippen LogP contribution in [0.4, 0.5) is 5.69 Å². The summed E-state index contributed by atoms with van der Waals surface area (Å²) < 4.78 is 0. The van der Waals surface area contributed by atoms with Crippen molar-refractivity contribution in [3.05, 3.63) is 40.1 Å². The molecule has 0 saturated heterocycles. The van der Waals surface area contributed by atoms with Gasteiger partial charge in [-0.15, -0.1) is 0 Å². The Morgan fingerprint density at radius 2 is 1.75 bits per heavy atom. The monoisotopic (exact) mass is 266 g/mol. The molecule has 0 bridgehead atoms. The maximum Gasteiger partial charge on any atom is 0.0801 e. The van der Waals surface area contributed by atoms with Crippen LogP contribution in [0, 0.1) is 20.8 Å². The third kappa shape index (κ3) is 1.67. The standard InChI is InChI=1S/C18H22N2/c1-10-9-16-17(20(6)14(10)5)8-7-15-12(3)11(2)13(4)19-18(15)16/h7-9,14H,1-6H3. The number of anilines is 1. The molecule has 0 aliphatic carbocycles. The van der Waals surface area contributed by atoms with E-state index in [0.717, 1.165) is 11.2 Å². The number of aryl methyl sites for hydroxylation is 2. The zero-order chi connectivity index (χ0) is 14.6. The third-order valence-electron chi connectivity index (χ3n) is 4.97. The van der Waals surface area contributed by atoms with Crippen LogP contribution in [0.3, 0.4) is 0 Å². The fraction of sp³-hybridized carbons (Fsp3) is 0.389. The highest BCUT2D eigenvalue weighted by Crippen LogP contribution is 2.37. The van der Waals surface area contributed by atoms with E-state index in [4.69, 9.17) is 4.98 Å². The van der Waals surface area contributed by atoms with Gasteiger partial charge in [-0.05, 0) is 57.9 Å². The van der Waals surface area contributed by atoms with Crippen LogP contribution < -0.4 is 4.90 Å².